The van der Waals surface area contributed by atoms with Crippen molar-refractivity contribution in [2.24, 2.45) is 5.92 Å². The highest BCUT2D eigenvalue weighted by Gasteiger charge is 2.26. The molecule has 0 aromatic heterocycles. The fraction of sp³-hybridized carbons (Fsp3) is 0.846. The number of unbranched alkanes of at least 4 members (excludes halogenated alkanes) is 1. The quantitative estimate of drug-likeness (QED) is 0.428. The molecule has 0 spiro atoms. The average molecular weight is 256 g/mol. The molecule has 5 nitrogen and oxygen atoms in total. The van der Waals surface area contributed by atoms with Crippen LogP contribution in [0, 0.1) is 5.92 Å². The number of piperidine rings is 1. The van der Waals surface area contributed by atoms with E-state index in [1.807, 2.05) is 4.90 Å². The third kappa shape index (κ3) is 4.64. The molecule has 2 amide bonds. The van der Waals surface area contributed by atoms with Crippen molar-refractivity contribution in [2.75, 3.05) is 19.6 Å². The van der Waals surface area contributed by atoms with Gasteiger partial charge >= 0.3 is 0 Å². The monoisotopic (exact) mass is 256 g/mol. The largest absolute Gasteiger partial charge is 0.342 e. The molecule has 5 heteroatoms. The van der Waals surface area contributed by atoms with Crippen LogP contribution in [-0.4, -0.2) is 47.1 Å². The van der Waals surface area contributed by atoms with Crippen LogP contribution >= 0.6 is 0 Å². The van der Waals surface area contributed by atoms with E-state index in [2.05, 4.69) is 6.92 Å². The number of nitrogens with zero attached hydrogens (tertiary/aromatic N) is 2. The van der Waals surface area contributed by atoms with Crippen molar-refractivity contribution in [3.05, 3.63) is 0 Å². The third-order valence-corrected chi connectivity index (χ3v) is 3.45. The van der Waals surface area contributed by atoms with Gasteiger partial charge in [-0.25, -0.2) is 5.06 Å². The maximum Gasteiger partial charge on any atom is 0.233 e. The molecular formula is C13H24N2O3. The predicted molar refractivity (Wildman–Crippen MR) is 68.0 cm³/mol. The van der Waals surface area contributed by atoms with Gasteiger partial charge in [-0.15, -0.1) is 0 Å². The fourth-order valence-electron chi connectivity index (χ4n) is 2.38. The molecule has 1 aliphatic rings. The molecule has 104 valence electrons. The lowest BCUT2D eigenvalue weighted by Gasteiger charge is -2.31. The SMILES string of the molecule is CCCC[C@H](CN(O)C=O)C(=O)N1CCCCC1. The molecule has 0 bridgehead atoms. The zero-order valence-electron chi connectivity index (χ0n) is 11.2. The first-order valence-corrected chi connectivity index (χ1v) is 6.88. The Kier molecular flexibility index (Phi) is 6.72. The van der Waals surface area contributed by atoms with E-state index in [1.165, 1.54) is 6.42 Å². The lowest BCUT2D eigenvalue weighted by Crippen LogP contribution is -2.43. The Morgan fingerprint density at radius 2 is 2.06 bits per heavy atom. The summed E-state index contributed by atoms with van der Waals surface area (Å²) in [5, 5.41) is 9.85. The number of rotatable bonds is 7. The second-order valence-corrected chi connectivity index (χ2v) is 4.95. The summed E-state index contributed by atoms with van der Waals surface area (Å²) in [5.41, 5.74) is 0. The highest BCUT2D eigenvalue weighted by atomic mass is 16.5. The molecule has 1 aliphatic heterocycles. The van der Waals surface area contributed by atoms with Crippen molar-refractivity contribution in [1.29, 1.82) is 0 Å². The number of likely N-dealkylation sites (tertiary alicyclic amines) is 1. The Balaban J connectivity index is 2.55. The maximum atomic E-state index is 12.3. The second kappa shape index (κ2) is 8.08. The number of carbonyl (C=O) groups excluding carboxylic acids is 2. The summed E-state index contributed by atoms with van der Waals surface area (Å²) in [6.07, 6.45) is 6.35. The van der Waals surface area contributed by atoms with Crippen molar-refractivity contribution in [1.82, 2.24) is 9.96 Å². The molecule has 1 saturated heterocycles. The van der Waals surface area contributed by atoms with Crippen LogP contribution in [0.3, 0.4) is 0 Å². The molecule has 1 fully saturated rings. The fourth-order valence-corrected chi connectivity index (χ4v) is 2.38. The van der Waals surface area contributed by atoms with E-state index in [1.54, 1.807) is 0 Å². The first-order chi connectivity index (χ1) is 8.69. The summed E-state index contributed by atoms with van der Waals surface area (Å²) >= 11 is 0. The van der Waals surface area contributed by atoms with Crippen molar-refractivity contribution in [2.45, 2.75) is 45.4 Å². The second-order valence-electron chi connectivity index (χ2n) is 4.95. The highest BCUT2D eigenvalue weighted by molar-refractivity contribution is 5.79. The van der Waals surface area contributed by atoms with Gasteiger partial charge in [0.1, 0.15) is 0 Å². The highest BCUT2D eigenvalue weighted by Crippen LogP contribution is 2.17. The summed E-state index contributed by atoms with van der Waals surface area (Å²) in [4.78, 5) is 24.7. The molecule has 0 aromatic carbocycles. The standard InChI is InChI=1S/C13H24N2O3/c1-2-3-7-12(10-15(18)11-16)13(17)14-8-5-4-6-9-14/h11-12,18H,2-10H2,1H3/t12-/m1/s1. The normalized spacial score (nSPS) is 17.3. The maximum absolute atomic E-state index is 12.3. The number of hydrogen-bond donors (Lipinski definition) is 1. The minimum atomic E-state index is -0.266. The Bertz CT molecular complexity index is 265. The van der Waals surface area contributed by atoms with Gasteiger partial charge in [-0.05, 0) is 25.7 Å². The van der Waals surface area contributed by atoms with E-state index in [0.29, 0.717) is 11.5 Å². The number of amides is 2. The summed E-state index contributed by atoms with van der Waals surface area (Å²) in [6.45, 7) is 3.81. The van der Waals surface area contributed by atoms with Gasteiger partial charge in [0, 0.05) is 13.1 Å². The lowest BCUT2D eigenvalue weighted by atomic mass is 9.99. The van der Waals surface area contributed by atoms with Crippen LogP contribution in [0.2, 0.25) is 0 Å². The van der Waals surface area contributed by atoms with Crippen molar-refractivity contribution in [3.8, 4) is 0 Å². The van der Waals surface area contributed by atoms with E-state index in [9.17, 15) is 14.8 Å². The molecule has 0 saturated carbocycles. The Morgan fingerprint density at radius 3 is 2.61 bits per heavy atom. The van der Waals surface area contributed by atoms with E-state index in [4.69, 9.17) is 0 Å². The van der Waals surface area contributed by atoms with Crippen LogP contribution in [0.5, 0.6) is 0 Å². The molecule has 0 aromatic rings. The third-order valence-electron chi connectivity index (χ3n) is 3.45. The van der Waals surface area contributed by atoms with Crippen LogP contribution in [0.4, 0.5) is 0 Å². The van der Waals surface area contributed by atoms with E-state index in [-0.39, 0.29) is 18.4 Å². The van der Waals surface area contributed by atoms with E-state index < -0.39 is 0 Å². The van der Waals surface area contributed by atoms with Crippen LogP contribution < -0.4 is 0 Å². The molecule has 0 aliphatic carbocycles. The zero-order chi connectivity index (χ0) is 13.4. The Morgan fingerprint density at radius 1 is 1.39 bits per heavy atom. The lowest BCUT2D eigenvalue weighted by molar-refractivity contribution is -0.157. The summed E-state index contributed by atoms with van der Waals surface area (Å²) in [6, 6.07) is 0. The van der Waals surface area contributed by atoms with Gasteiger partial charge in [-0.3, -0.25) is 14.8 Å². The smallest absolute Gasteiger partial charge is 0.233 e. The number of hydroxylamine groups is 2. The van der Waals surface area contributed by atoms with E-state index >= 15 is 0 Å². The molecule has 1 N–H and O–H groups in total. The van der Waals surface area contributed by atoms with Gasteiger partial charge < -0.3 is 4.90 Å². The molecule has 1 atom stereocenters. The van der Waals surface area contributed by atoms with Crippen LogP contribution in [0.25, 0.3) is 0 Å². The van der Waals surface area contributed by atoms with Crippen molar-refractivity contribution < 1.29 is 14.8 Å². The van der Waals surface area contributed by atoms with Crippen LogP contribution in [-0.2, 0) is 9.59 Å². The minimum absolute atomic E-state index is 0.0871. The van der Waals surface area contributed by atoms with Crippen LogP contribution in [0.15, 0.2) is 0 Å². The topological polar surface area (TPSA) is 60.9 Å². The Labute approximate surface area is 109 Å². The molecular weight excluding hydrogens is 232 g/mol. The van der Waals surface area contributed by atoms with E-state index in [0.717, 1.165) is 45.2 Å². The van der Waals surface area contributed by atoms with Gasteiger partial charge in [0.15, 0.2) is 0 Å². The summed E-state index contributed by atoms with van der Waals surface area (Å²) in [5.74, 6) is -0.178. The van der Waals surface area contributed by atoms with Gasteiger partial charge in [0.05, 0.1) is 12.5 Å². The number of carbonyl (C=O) groups is 2. The van der Waals surface area contributed by atoms with Crippen molar-refractivity contribution >= 4 is 12.3 Å². The summed E-state index contributed by atoms with van der Waals surface area (Å²) < 4.78 is 0. The minimum Gasteiger partial charge on any atom is -0.342 e. The molecule has 0 radical (unpaired) electrons. The molecule has 18 heavy (non-hydrogen) atoms. The van der Waals surface area contributed by atoms with Gasteiger partial charge in [0.25, 0.3) is 0 Å². The summed E-state index contributed by atoms with van der Waals surface area (Å²) in [7, 11) is 0. The van der Waals surface area contributed by atoms with Crippen LogP contribution in [0.1, 0.15) is 45.4 Å². The average Bonchev–Trinajstić information content (AvgIpc) is 2.43. The van der Waals surface area contributed by atoms with Gasteiger partial charge in [-0.2, -0.15) is 0 Å². The first kappa shape index (κ1) is 15.0. The zero-order valence-corrected chi connectivity index (χ0v) is 11.2. The Hall–Kier alpha value is -1.10. The molecule has 1 rings (SSSR count). The number of hydrogen-bond acceptors (Lipinski definition) is 3. The van der Waals surface area contributed by atoms with Gasteiger partial charge in [-0.1, -0.05) is 19.8 Å². The molecule has 1 heterocycles. The predicted octanol–water partition coefficient (Wildman–Crippen LogP) is 1.65. The van der Waals surface area contributed by atoms with Crippen molar-refractivity contribution in [3.63, 3.8) is 0 Å². The van der Waals surface area contributed by atoms with Gasteiger partial charge in [0.2, 0.25) is 12.3 Å². The molecule has 0 unspecified atom stereocenters. The first-order valence-electron chi connectivity index (χ1n) is 6.88.